The van der Waals surface area contributed by atoms with Gasteiger partial charge >= 0.3 is 12.1 Å². The van der Waals surface area contributed by atoms with Crippen LogP contribution in [0.15, 0.2) is 0 Å². The molecule has 7 heteroatoms. The van der Waals surface area contributed by atoms with Gasteiger partial charge in [0.1, 0.15) is 6.10 Å². The molecule has 0 spiro atoms. The molecule has 112 valence electrons. The zero-order chi connectivity index (χ0) is 14.9. The first-order chi connectivity index (χ1) is 8.52. The summed E-state index contributed by atoms with van der Waals surface area (Å²) < 4.78 is 47.3. The SMILES string of the molecule is CCC(C)(C)C(=O)OC1CCOC(O)(C(F)(F)F)C1. The first-order valence-corrected chi connectivity index (χ1v) is 6.16. The van der Waals surface area contributed by atoms with Gasteiger partial charge in [0.25, 0.3) is 5.79 Å². The molecule has 1 aliphatic rings. The van der Waals surface area contributed by atoms with Crippen LogP contribution in [0.3, 0.4) is 0 Å². The molecule has 4 nitrogen and oxygen atoms in total. The Labute approximate surface area is 109 Å². The lowest BCUT2D eigenvalue weighted by atomic mass is 9.90. The lowest BCUT2D eigenvalue weighted by Crippen LogP contribution is -2.54. The molecular formula is C12H19F3O4. The summed E-state index contributed by atoms with van der Waals surface area (Å²) in [7, 11) is 0. The Morgan fingerprint density at radius 3 is 2.53 bits per heavy atom. The number of esters is 1. The Balaban J connectivity index is 2.69. The van der Waals surface area contributed by atoms with Crippen molar-refractivity contribution in [3.63, 3.8) is 0 Å². The lowest BCUT2D eigenvalue weighted by molar-refractivity contribution is -0.383. The minimum absolute atomic E-state index is 0.143. The molecule has 0 saturated carbocycles. The summed E-state index contributed by atoms with van der Waals surface area (Å²) in [5.74, 6) is -3.79. The average molecular weight is 284 g/mol. The molecule has 0 aromatic heterocycles. The number of aliphatic hydroxyl groups is 1. The number of halogens is 3. The van der Waals surface area contributed by atoms with Crippen molar-refractivity contribution in [1.29, 1.82) is 0 Å². The van der Waals surface area contributed by atoms with Crippen molar-refractivity contribution in [2.75, 3.05) is 6.61 Å². The summed E-state index contributed by atoms with van der Waals surface area (Å²) in [6.45, 7) is 4.80. The predicted molar refractivity (Wildman–Crippen MR) is 60.1 cm³/mol. The Hall–Kier alpha value is -0.820. The standard InChI is InChI=1S/C12H19F3O4/c1-4-10(2,3)9(16)19-8-5-6-18-11(17,7-8)12(13,14)15/h8,17H,4-7H2,1-3H3. The number of carbonyl (C=O) groups is 1. The summed E-state index contributed by atoms with van der Waals surface area (Å²) in [4.78, 5) is 11.8. The third kappa shape index (κ3) is 3.60. The van der Waals surface area contributed by atoms with Crippen LogP contribution in [0, 0.1) is 5.41 Å². The quantitative estimate of drug-likeness (QED) is 0.809. The van der Waals surface area contributed by atoms with Crippen molar-refractivity contribution in [3.05, 3.63) is 0 Å². The zero-order valence-electron chi connectivity index (χ0n) is 11.2. The Morgan fingerprint density at radius 1 is 1.47 bits per heavy atom. The van der Waals surface area contributed by atoms with Gasteiger partial charge in [-0.05, 0) is 20.3 Å². The fourth-order valence-electron chi connectivity index (χ4n) is 1.58. The van der Waals surface area contributed by atoms with E-state index in [1.165, 1.54) is 0 Å². The molecule has 1 saturated heterocycles. The molecule has 1 aliphatic heterocycles. The van der Waals surface area contributed by atoms with E-state index in [9.17, 15) is 23.1 Å². The first-order valence-electron chi connectivity index (χ1n) is 6.16. The Morgan fingerprint density at radius 2 is 2.05 bits per heavy atom. The molecule has 0 amide bonds. The van der Waals surface area contributed by atoms with Gasteiger partial charge in [-0.15, -0.1) is 0 Å². The van der Waals surface area contributed by atoms with E-state index in [1.54, 1.807) is 20.8 Å². The van der Waals surface area contributed by atoms with Crippen molar-refractivity contribution in [2.24, 2.45) is 5.41 Å². The maximum absolute atomic E-state index is 12.6. The van der Waals surface area contributed by atoms with Crippen LogP contribution >= 0.6 is 0 Å². The minimum Gasteiger partial charge on any atom is -0.462 e. The molecule has 1 fully saturated rings. The van der Waals surface area contributed by atoms with Crippen molar-refractivity contribution in [2.45, 2.75) is 58.1 Å². The van der Waals surface area contributed by atoms with Gasteiger partial charge in [-0.1, -0.05) is 6.92 Å². The van der Waals surface area contributed by atoms with Crippen molar-refractivity contribution >= 4 is 5.97 Å². The highest BCUT2D eigenvalue weighted by molar-refractivity contribution is 5.76. The number of rotatable bonds is 3. The number of alkyl halides is 3. The Bertz CT molecular complexity index is 340. The van der Waals surface area contributed by atoms with Gasteiger partial charge < -0.3 is 14.6 Å². The van der Waals surface area contributed by atoms with E-state index in [2.05, 4.69) is 4.74 Å². The number of ether oxygens (including phenoxy) is 2. The Kier molecular flexibility index (Phi) is 4.51. The number of hydrogen-bond donors (Lipinski definition) is 1. The van der Waals surface area contributed by atoms with Crippen LogP contribution in [-0.4, -0.2) is 35.8 Å². The molecule has 1 heterocycles. The predicted octanol–water partition coefficient (Wildman–Crippen LogP) is 2.40. The van der Waals surface area contributed by atoms with Crippen LogP contribution < -0.4 is 0 Å². The van der Waals surface area contributed by atoms with Crippen molar-refractivity contribution < 1.29 is 32.5 Å². The van der Waals surface area contributed by atoms with Gasteiger partial charge in [-0.25, -0.2) is 0 Å². The molecule has 2 unspecified atom stereocenters. The van der Waals surface area contributed by atoms with E-state index in [0.29, 0.717) is 6.42 Å². The molecule has 19 heavy (non-hydrogen) atoms. The van der Waals surface area contributed by atoms with Crippen LogP contribution in [-0.2, 0) is 14.3 Å². The summed E-state index contributed by atoms with van der Waals surface area (Å²) in [5.41, 5.74) is -0.755. The number of carbonyl (C=O) groups excluding carboxylic acids is 1. The van der Waals surface area contributed by atoms with Crippen molar-refractivity contribution in [3.8, 4) is 0 Å². The molecule has 1 N–H and O–H groups in total. The minimum atomic E-state index is -4.90. The van der Waals surface area contributed by atoms with Gasteiger partial charge in [0, 0.05) is 12.8 Å². The second-order valence-corrected chi connectivity index (χ2v) is 5.39. The normalized spacial score (nSPS) is 29.1. The highest BCUT2D eigenvalue weighted by atomic mass is 19.4. The third-order valence-corrected chi connectivity index (χ3v) is 3.44. The fourth-order valence-corrected chi connectivity index (χ4v) is 1.58. The molecular weight excluding hydrogens is 265 g/mol. The first kappa shape index (κ1) is 16.2. The van der Waals surface area contributed by atoms with E-state index in [1.807, 2.05) is 0 Å². The van der Waals surface area contributed by atoms with Crippen LogP contribution in [0.5, 0.6) is 0 Å². The smallest absolute Gasteiger partial charge is 0.443 e. The summed E-state index contributed by atoms with van der Waals surface area (Å²) in [6.07, 6.45) is -6.03. The largest absolute Gasteiger partial charge is 0.462 e. The summed E-state index contributed by atoms with van der Waals surface area (Å²) in [5, 5.41) is 9.41. The lowest BCUT2D eigenvalue weighted by Gasteiger charge is -2.38. The van der Waals surface area contributed by atoms with Gasteiger partial charge in [-0.2, -0.15) is 13.2 Å². The van der Waals surface area contributed by atoms with Gasteiger partial charge in [0.05, 0.1) is 12.0 Å². The summed E-state index contributed by atoms with van der Waals surface area (Å²) >= 11 is 0. The van der Waals surface area contributed by atoms with Crippen LogP contribution in [0.2, 0.25) is 0 Å². The van der Waals surface area contributed by atoms with Gasteiger partial charge in [-0.3, -0.25) is 4.79 Å². The van der Waals surface area contributed by atoms with Crippen molar-refractivity contribution in [1.82, 2.24) is 0 Å². The number of hydrogen-bond acceptors (Lipinski definition) is 4. The van der Waals surface area contributed by atoms with E-state index in [0.717, 1.165) is 0 Å². The molecule has 1 rings (SSSR count). The van der Waals surface area contributed by atoms with E-state index in [-0.39, 0.29) is 13.0 Å². The third-order valence-electron chi connectivity index (χ3n) is 3.44. The van der Waals surface area contributed by atoms with Crippen LogP contribution in [0.4, 0.5) is 13.2 Å². The monoisotopic (exact) mass is 284 g/mol. The zero-order valence-corrected chi connectivity index (χ0v) is 11.2. The topological polar surface area (TPSA) is 55.8 Å². The van der Waals surface area contributed by atoms with E-state index in [4.69, 9.17) is 4.74 Å². The highest BCUT2D eigenvalue weighted by Gasteiger charge is 2.58. The van der Waals surface area contributed by atoms with E-state index >= 15 is 0 Å². The second-order valence-electron chi connectivity index (χ2n) is 5.39. The maximum Gasteiger partial charge on any atom is 0.443 e. The van der Waals surface area contributed by atoms with E-state index < -0.39 is 35.9 Å². The average Bonchev–Trinajstić information content (AvgIpc) is 2.27. The molecule has 0 aromatic rings. The van der Waals surface area contributed by atoms with Crippen LogP contribution in [0.1, 0.15) is 40.0 Å². The van der Waals surface area contributed by atoms with Crippen LogP contribution in [0.25, 0.3) is 0 Å². The fraction of sp³-hybridized carbons (Fsp3) is 0.917. The molecule has 0 aromatic carbocycles. The highest BCUT2D eigenvalue weighted by Crippen LogP contribution is 2.39. The molecule has 0 aliphatic carbocycles. The maximum atomic E-state index is 12.6. The second kappa shape index (κ2) is 5.28. The summed E-state index contributed by atoms with van der Waals surface area (Å²) in [6, 6.07) is 0. The molecule has 0 radical (unpaired) electrons. The molecule has 0 bridgehead atoms. The molecule has 2 atom stereocenters. The van der Waals surface area contributed by atoms with Gasteiger partial charge in [0.15, 0.2) is 0 Å². The van der Waals surface area contributed by atoms with Gasteiger partial charge in [0.2, 0.25) is 0 Å².